The number of hydrogen-bond donors (Lipinski definition) is 0. The highest BCUT2D eigenvalue weighted by Gasteiger charge is 2.21. The van der Waals surface area contributed by atoms with Gasteiger partial charge >= 0.3 is 0 Å². The summed E-state index contributed by atoms with van der Waals surface area (Å²) in [5.74, 6) is 1.56. The number of benzene rings is 1. The molecule has 0 unspecified atom stereocenters. The van der Waals surface area contributed by atoms with Crippen LogP contribution in [0.4, 0.5) is 5.69 Å². The lowest BCUT2D eigenvalue weighted by atomic mass is 10.2. The maximum atomic E-state index is 13.0. The van der Waals surface area contributed by atoms with E-state index >= 15 is 0 Å². The lowest BCUT2D eigenvalue weighted by Crippen LogP contribution is -2.32. The van der Waals surface area contributed by atoms with E-state index < -0.39 is 0 Å². The second-order valence-corrected chi connectivity index (χ2v) is 7.74. The first-order valence-corrected chi connectivity index (χ1v) is 10.1. The van der Waals surface area contributed by atoms with Crippen LogP contribution < -0.4 is 14.4 Å². The highest BCUT2D eigenvalue weighted by Crippen LogP contribution is 2.35. The molecule has 0 bridgehead atoms. The summed E-state index contributed by atoms with van der Waals surface area (Å²) in [6, 6.07) is 9.58. The van der Waals surface area contributed by atoms with Gasteiger partial charge in [-0.3, -0.25) is 4.79 Å². The third kappa shape index (κ3) is 4.06. The number of anilines is 1. The van der Waals surface area contributed by atoms with Crippen LogP contribution in [0, 0.1) is 0 Å². The van der Waals surface area contributed by atoms with Crippen LogP contribution in [0.3, 0.4) is 0 Å². The average molecular weight is 403 g/mol. The third-order valence-electron chi connectivity index (χ3n) is 3.94. The maximum Gasteiger partial charge on any atom is 0.237 e. The van der Waals surface area contributed by atoms with E-state index in [9.17, 15) is 4.79 Å². The number of tetrazole rings is 1. The zero-order valence-electron chi connectivity index (χ0n) is 14.6. The van der Waals surface area contributed by atoms with E-state index in [2.05, 4.69) is 15.5 Å². The first-order chi connectivity index (χ1) is 13.2. The smallest absolute Gasteiger partial charge is 0.237 e. The summed E-state index contributed by atoms with van der Waals surface area (Å²) in [5, 5.41) is 13.9. The zero-order chi connectivity index (χ0) is 18.6. The van der Waals surface area contributed by atoms with Crippen molar-refractivity contribution < 1.29 is 14.3 Å². The van der Waals surface area contributed by atoms with E-state index in [1.165, 1.54) is 11.8 Å². The largest absolute Gasteiger partial charge is 0.486 e. The Bertz CT molecular complexity index is 929. The highest BCUT2D eigenvalue weighted by molar-refractivity contribution is 7.99. The Kier molecular flexibility index (Phi) is 5.26. The van der Waals surface area contributed by atoms with Crippen LogP contribution in [-0.4, -0.2) is 45.1 Å². The van der Waals surface area contributed by atoms with Crippen molar-refractivity contribution in [3.8, 4) is 11.5 Å². The normalized spacial score (nSPS) is 12.8. The molecule has 1 aromatic carbocycles. The van der Waals surface area contributed by atoms with Crippen LogP contribution >= 0.6 is 23.1 Å². The number of ether oxygens (including phenoxy) is 2. The summed E-state index contributed by atoms with van der Waals surface area (Å²) in [6.07, 6.45) is 0. The minimum atomic E-state index is -0.0342. The molecule has 27 heavy (non-hydrogen) atoms. The molecule has 0 spiro atoms. The van der Waals surface area contributed by atoms with Gasteiger partial charge in [0.15, 0.2) is 11.5 Å². The number of nitrogens with zero attached hydrogens (tertiary/aromatic N) is 5. The number of aryl methyl sites for hydroxylation is 1. The minimum absolute atomic E-state index is 0.0342. The lowest BCUT2D eigenvalue weighted by Gasteiger charge is -2.25. The van der Waals surface area contributed by atoms with E-state index in [-0.39, 0.29) is 11.7 Å². The molecule has 0 radical (unpaired) electrons. The van der Waals surface area contributed by atoms with Gasteiger partial charge in [-0.1, -0.05) is 17.8 Å². The van der Waals surface area contributed by atoms with Gasteiger partial charge in [0.05, 0.1) is 12.3 Å². The zero-order valence-corrected chi connectivity index (χ0v) is 16.2. The van der Waals surface area contributed by atoms with Gasteiger partial charge in [-0.2, -0.15) is 0 Å². The number of carbonyl (C=O) groups is 1. The SMILES string of the molecule is Cn1nnnc1SCC(=O)N(Cc1cccs1)c1ccc2c(c1)OCCO2. The summed E-state index contributed by atoms with van der Waals surface area (Å²) in [5.41, 5.74) is 0.773. The molecular weight excluding hydrogens is 386 g/mol. The molecular formula is C17H17N5O3S2. The van der Waals surface area contributed by atoms with Crippen LogP contribution in [0.1, 0.15) is 4.88 Å². The van der Waals surface area contributed by atoms with Gasteiger partial charge in [0.25, 0.3) is 0 Å². The molecule has 3 heterocycles. The van der Waals surface area contributed by atoms with Crippen molar-refractivity contribution in [1.29, 1.82) is 0 Å². The summed E-state index contributed by atoms with van der Waals surface area (Å²) in [6.45, 7) is 1.53. The molecule has 4 rings (SSSR count). The van der Waals surface area contributed by atoms with Crippen molar-refractivity contribution in [3.63, 3.8) is 0 Å². The van der Waals surface area contributed by atoms with Crippen molar-refractivity contribution in [2.24, 2.45) is 7.05 Å². The average Bonchev–Trinajstić information content (AvgIpc) is 3.35. The second-order valence-electron chi connectivity index (χ2n) is 5.76. The molecule has 10 heteroatoms. The second kappa shape index (κ2) is 7.97. The Morgan fingerprint density at radius 1 is 1.30 bits per heavy atom. The van der Waals surface area contributed by atoms with Crippen LogP contribution in [-0.2, 0) is 18.4 Å². The van der Waals surface area contributed by atoms with Crippen LogP contribution in [0.2, 0.25) is 0 Å². The molecule has 1 amide bonds. The fourth-order valence-corrected chi connectivity index (χ4v) is 4.05. The number of aromatic nitrogens is 4. The Morgan fingerprint density at radius 3 is 2.89 bits per heavy atom. The first kappa shape index (κ1) is 17.8. The highest BCUT2D eigenvalue weighted by atomic mass is 32.2. The molecule has 2 aromatic heterocycles. The monoisotopic (exact) mass is 403 g/mol. The Labute approximate surface area is 164 Å². The number of thioether (sulfide) groups is 1. The fourth-order valence-electron chi connectivity index (χ4n) is 2.63. The standard InChI is InChI=1S/C17H17N5O3S2/c1-21-17(18-19-20-21)27-11-16(23)22(10-13-3-2-8-26-13)12-4-5-14-15(9-12)25-7-6-24-14/h2-5,8-9H,6-7,10-11H2,1H3. The number of rotatable bonds is 6. The Hall–Kier alpha value is -2.59. The third-order valence-corrected chi connectivity index (χ3v) is 5.80. The van der Waals surface area contributed by atoms with Crippen molar-refractivity contribution in [3.05, 3.63) is 40.6 Å². The molecule has 0 fully saturated rings. The molecule has 8 nitrogen and oxygen atoms in total. The van der Waals surface area contributed by atoms with E-state index in [4.69, 9.17) is 9.47 Å². The van der Waals surface area contributed by atoms with Gasteiger partial charge in [0, 0.05) is 23.7 Å². The summed E-state index contributed by atoms with van der Waals surface area (Å²) >= 11 is 2.93. The van der Waals surface area contributed by atoms with Gasteiger partial charge < -0.3 is 14.4 Å². The summed E-state index contributed by atoms with van der Waals surface area (Å²) in [7, 11) is 1.75. The van der Waals surface area contributed by atoms with E-state index in [0.717, 1.165) is 10.6 Å². The topological polar surface area (TPSA) is 82.4 Å². The molecule has 0 N–H and O–H groups in total. The van der Waals surface area contributed by atoms with Gasteiger partial charge in [0.2, 0.25) is 11.1 Å². The van der Waals surface area contributed by atoms with Crippen LogP contribution in [0.25, 0.3) is 0 Å². The van der Waals surface area contributed by atoms with E-state index in [0.29, 0.717) is 36.4 Å². The van der Waals surface area contributed by atoms with Crippen molar-refractivity contribution in [2.45, 2.75) is 11.7 Å². The first-order valence-electron chi connectivity index (χ1n) is 8.28. The predicted molar refractivity (Wildman–Crippen MR) is 102 cm³/mol. The van der Waals surface area contributed by atoms with E-state index in [1.54, 1.807) is 28.0 Å². The molecule has 1 aliphatic rings. The quantitative estimate of drug-likeness (QED) is 0.584. The fraction of sp³-hybridized carbons (Fsp3) is 0.294. The van der Waals surface area contributed by atoms with Crippen LogP contribution in [0.5, 0.6) is 11.5 Å². The molecule has 1 aliphatic heterocycles. The number of thiophene rings is 1. The number of amides is 1. The van der Waals surface area contributed by atoms with Gasteiger partial charge in [0.1, 0.15) is 13.2 Å². The number of fused-ring (bicyclic) bond motifs is 1. The predicted octanol–water partition coefficient (Wildman–Crippen LogP) is 2.37. The summed E-state index contributed by atoms with van der Waals surface area (Å²) in [4.78, 5) is 15.9. The van der Waals surface area contributed by atoms with E-state index in [1.807, 2.05) is 35.7 Å². The maximum absolute atomic E-state index is 13.0. The Morgan fingerprint density at radius 2 is 2.15 bits per heavy atom. The van der Waals surface area contributed by atoms with Gasteiger partial charge in [-0.25, -0.2) is 4.68 Å². The number of hydrogen-bond acceptors (Lipinski definition) is 8. The lowest BCUT2D eigenvalue weighted by molar-refractivity contribution is -0.116. The van der Waals surface area contributed by atoms with Gasteiger partial charge in [-0.15, -0.1) is 16.4 Å². The van der Waals surface area contributed by atoms with Crippen molar-refractivity contribution in [1.82, 2.24) is 20.2 Å². The molecule has 3 aromatic rings. The van der Waals surface area contributed by atoms with Crippen molar-refractivity contribution >= 4 is 34.7 Å². The van der Waals surface area contributed by atoms with Crippen LogP contribution in [0.15, 0.2) is 40.9 Å². The molecule has 0 atom stereocenters. The minimum Gasteiger partial charge on any atom is -0.486 e. The molecule has 0 saturated carbocycles. The summed E-state index contributed by atoms with van der Waals surface area (Å²) < 4.78 is 12.8. The Balaban J connectivity index is 1.56. The van der Waals surface area contributed by atoms with Crippen molar-refractivity contribution in [2.75, 3.05) is 23.9 Å². The molecule has 0 aliphatic carbocycles. The molecule has 0 saturated heterocycles. The number of carbonyl (C=O) groups excluding carboxylic acids is 1. The molecule has 140 valence electrons. The van der Waals surface area contributed by atoms with Gasteiger partial charge in [-0.05, 0) is 34.0 Å².